The summed E-state index contributed by atoms with van der Waals surface area (Å²) in [7, 11) is 2.06. The van der Waals surface area contributed by atoms with Crippen molar-refractivity contribution in [3.63, 3.8) is 0 Å². The van der Waals surface area contributed by atoms with Crippen LogP contribution in [-0.2, 0) is 6.42 Å². The predicted molar refractivity (Wildman–Crippen MR) is 89.1 cm³/mol. The quantitative estimate of drug-likeness (QED) is 0.834. The SMILES string of the molecule is C=C(C)N(CCc1cccnc1)C1CCC(CNC)CC1. The van der Waals surface area contributed by atoms with Crippen LogP contribution in [0.4, 0.5) is 0 Å². The van der Waals surface area contributed by atoms with Crippen LogP contribution in [-0.4, -0.2) is 36.1 Å². The van der Waals surface area contributed by atoms with E-state index in [-0.39, 0.29) is 0 Å². The highest BCUT2D eigenvalue weighted by Crippen LogP contribution is 2.29. The van der Waals surface area contributed by atoms with Crippen molar-refractivity contribution in [2.45, 2.75) is 45.1 Å². The lowest BCUT2D eigenvalue weighted by atomic mass is 9.85. The molecule has 1 aromatic heterocycles. The normalized spacial score (nSPS) is 22.0. The lowest BCUT2D eigenvalue weighted by Crippen LogP contribution is -2.39. The van der Waals surface area contributed by atoms with Gasteiger partial charge in [-0.25, -0.2) is 0 Å². The molecular weight excluding hydrogens is 258 g/mol. The van der Waals surface area contributed by atoms with Crippen molar-refractivity contribution in [2.75, 3.05) is 20.1 Å². The fraction of sp³-hybridized carbons (Fsp3) is 0.611. The van der Waals surface area contributed by atoms with E-state index in [4.69, 9.17) is 0 Å². The van der Waals surface area contributed by atoms with E-state index in [1.807, 2.05) is 18.5 Å². The maximum absolute atomic E-state index is 4.20. The zero-order valence-electron chi connectivity index (χ0n) is 13.5. The fourth-order valence-corrected chi connectivity index (χ4v) is 3.43. The summed E-state index contributed by atoms with van der Waals surface area (Å²) in [6.07, 6.45) is 10.1. The first-order chi connectivity index (χ1) is 10.2. The van der Waals surface area contributed by atoms with E-state index in [1.165, 1.54) is 36.9 Å². The first-order valence-corrected chi connectivity index (χ1v) is 8.16. The molecule has 116 valence electrons. The second-order valence-electron chi connectivity index (χ2n) is 6.27. The summed E-state index contributed by atoms with van der Waals surface area (Å²) in [5, 5.41) is 3.31. The zero-order valence-corrected chi connectivity index (χ0v) is 13.5. The third-order valence-corrected chi connectivity index (χ3v) is 4.60. The Morgan fingerprint density at radius 1 is 1.38 bits per heavy atom. The molecule has 1 aromatic rings. The molecule has 1 aliphatic rings. The Kier molecular flexibility index (Phi) is 6.24. The van der Waals surface area contributed by atoms with Crippen molar-refractivity contribution < 1.29 is 0 Å². The first-order valence-electron chi connectivity index (χ1n) is 8.16. The average molecular weight is 287 g/mol. The highest BCUT2D eigenvalue weighted by atomic mass is 15.2. The Balaban J connectivity index is 1.86. The lowest BCUT2D eigenvalue weighted by molar-refractivity contribution is 0.173. The monoisotopic (exact) mass is 287 g/mol. The van der Waals surface area contributed by atoms with Crippen molar-refractivity contribution in [2.24, 2.45) is 5.92 Å². The summed E-state index contributed by atoms with van der Waals surface area (Å²) >= 11 is 0. The van der Waals surface area contributed by atoms with Crippen molar-refractivity contribution in [3.05, 3.63) is 42.4 Å². The summed E-state index contributed by atoms with van der Waals surface area (Å²) in [5.74, 6) is 0.858. The van der Waals surface area contributed by atoms with Crippen molar-refractivity contribution in [1.29, 1.82) is 0 Å². The molecule has 0 amide bonds. The molecule has 0 aliphatic heterocycles. The topological polar surface area (TPSA) is 28.2 Å². The molecule has 1 aliphatic carbocycles. The van der Waals surface area contributed by atoms with Crippen molar-refractivity contribution in [3.8, 4) is 0 Å². The van der Waals surface area contributed by atoms with Crippen LogP contribution in [0.1, 0.15) is 38.2 Å². The third-order valence-electron chi connectivity index (χ3n) is 4.60. The number of pyridine rings is 1. The molecule has 0 saturated heterocycles. The van der Waals surface area contributed by atoms with Gasteiger partial charge in [-0.1, -0.05) is 12.6 Å². The van der Waals surface area contributed by atoms with Gasteiger partial charge in [0.1, 0.15) is 0 Å². The molecule has 0 radical (unpaired) electrons. The molecule has 1 N–H and O–H groups in total. The standard InChI is InChI=1S/C18H29N3/c1-15(2)21(12-10-16-5-4-11-20-14-16)18-8-6-17(7-9-18)13-19-3/h4-5,11,14,17-19H,1,6-10,12-13H2,2-3H3. The number of aromatic nitrogens is 1. The largest absolute Gasteiger partial charge is 0.372 e. The molecule has 2 rings (SSSR count). The molecule has 21 heavy (non-hydrogen) atoms. The highest BCUT2D eigenvalue weighted by molar-refractivity contribution is 5.09. The lowest BCUT2D eigenvalue weighted by Gasteiger charge is -2.38. The maximum Gasteiger partial charge on any atom is 0.0300 e. The van der Waals surface area contributed by atoms with Gasteiger partial charge in [-0.2, -0.15) is 0 Å². The van der Waals surface area contributed by atoms with Gasteiger partial charge in [0.25, 0.3) is 0 Å². The van der Waals surface area contributed by atoms with Crippen molar-refractivity contribution in [1.82, 2.24) is 15.2 Å². The second-order valence-corrected chi connectivity index (χ2v) is 6.27. The van der Waals surface area contributed by atoms with E-state index in [0.717, 1.165) is 25.4 Å². The number of hydrogen-bond donors (Lipinski definition) is 1. The minimum Gasteiger partial charge on any atom is -0.372 e. The van der Waals surface area contributed by atoms with E-state index in [1.54, 1.807) is 0 Å². The minimum absolute atomic E-state index is 0.673. The van der Waals surface area contributed by atoms with E-state index >= 15 is 0 Å². The zero-order chi connectivity index (χ0) is 15.1. The van der Waals surface area contributed by atoms with Gasteiger partial charge in [0, 0.05) is 30.7 Å². The molecular formula is C18H29N3. The van der Waals surface area contributed by atoms with E-state index < -0.39 is 0 Å². The van der Waals surface area contributed by atoms with Crippen molar-refractivity contribution >= 4 is 0 Å². The molecule has 0 aromatic carbocycles. The van der Waals surface area contributed by atoms with Gasteiger partial charge in [0.2, 0.25) is 0 Å². The number of nitrogens with zero attached hydrogens (tertiary/aromatic N) is 2. The van der Waals surface area contributed by atoms with Gasteiger partial charge in [0.05, 0.1) is 0 Å². The molecule has 1 saturated carbocycles. The molecule has 1 heterocycles. The molecule has 0 bridgehead atoms. The van der Waals surface area contributed by atoms with Crippen LogP contribution in [0.5, 0.6) is 0 Å². The van der Waals surface area contributed by atoms with Gasteiger partial charge >= 0.3 is 0 Å². The van der Waals surface area contributed by atoms with Gasteiger partial charge in [-0.15, -0.1) is 0 Å². The Hall–Kier alpha value is -1.35. The Bertz CT molecular complexity index is 421. The Morgan fingerprint density at radius 2 is 2.14 bits per heavy atom. The molecule has 3 heteroatoms. The van der Waals surface area contributed by atoms with Gasteiger partial charge < -0.3 is 10.2 Å². The Morgan fingerprint density at radius 3 is 2.71 bits per heavy atom. The van der Waals surface area contributed by atoms with Crippen LogP contribution in [0.25, 0.3) is 0 Å². The number of rotatable bonds is 7. The van der Waals surface area contributed by atoms with Crippen LogP contribution in [0.3, 0.4) is 0 Å². The summed E-state index contributed by atoms with van der Waals surface area (Å²) in [6, 6.07) is 4.85. The molecule has 3 nitrogen and oxygen atoms in total. The van der Waals surface area contributed by atoms with Gasteiger partial charge in [0.15, 0.2) is 0 Å². The molecule has 0 unspecified atom stereocenters. The Labute approximate surface area is 129 Å². The number of hydrogen-bond acceptors (Lipinski definition) is 3. The van der Waals surface area contributed by atoms with E-state index in [9.17, 15) is 0 Å². The van der Waals surface area contributed by atoms with Crippen LogP contribution < -0.4 is 5.32 Å². The summed E-state index contributed by atoms with van der Waals surface area (Å²) in [4.78, 5) is 6.72. The fourth-order valence-electron chi connectivity index (χ4n) is 3.43. The molecule has 0 atom stereocenters. The third kappa shape index (κ3) is 4.85. The second kappa shape index (κ2) is 8.18. The van der Waals surface area contributed by atoms with Crippen LogP contribution in [0.2, 0.25) is 0 Å². The first kappa shape index (κ1) is 16.0. The smallest absolute Gasteiger partial charge is 0.0300 e. The number of nitrogens with one attached hydrogen (secondary N) is 1. The highest BCUT2D eigenvalue weighted by Gasteiger charge is 2.25. The summed E-state index contributed by atoms with van der Waals surface area (Å²) in [5.41, 5.74) is 2.52. The summed E-state index contributed by atoms with van der Waals surface area (Å²) in [6.45, 7) is 8.56. The predicted octanol–water partition coefficient (Wildman–Crippen LogP) is 3.24. The van der Waals surface area contributed by atoms with Crippen LogP contribution >= 0.6 is 0 Å². The average Bonchev–Trinajstić information content (AvgIpc) is 2.50. The number of allylic oxidation sites excluding steroid dienone is 1. The van der Waals surface area contributed by atoms with E-state index in [0.29, 0.717) is 6.04 Å². The van der Waals surface area contributed by atoms with E-state index in [2.05, 4.69) is 41.8 Å². The van der Waals surface area contributed by atoms with Gasteiger partial charge in [-0.3, -0.25) is 4.98 Å². The molecule has 1 fully saturated rings. The molecule has 0 spiro atoms. The minimum atomic E-state index is 0.673. The van der Waals surface area contributed by atoms with Gasteiger partial charge in [-0.05, 0) is 70.2 Å². The summed E-state index contributed by atoms with van der Waals surface area (Å²) < 4.78 is 0. The van der Waals surface area contributed by atoms with Crippen LogP contribution in [0, 0.1) is 5.92 Å². The van der Waals surface area contributed by atoms with Crippen LogP contribution in [0.15, 0.2) is 36.8 Å². The maximum atomic E-state index is 4.20.